The van der Waals surface area contributed by atoms with Crippen LogP contribution in [0.25, 0.3) is 0 Å². The van der Waals surface area contributed by atoms with Gasteiger partial charge in [0.25, 0.3) is 0 Å². The van der Waals surface area contributed by atoms with E-state index in [1.54, 1.807) is 6.07 Å². The van der Waals surface area contributed by atoms with E-state index in [-0.39, 0.29) is 6.54 Å². The van der Waals surface area contributed by atoms with E-state index in [0.717, 1.165) is 9.35 Å². The zero-order valence-corrected chi connectivity index (χ0v) is 8.89. The Morgan fingerprint density at radius 3 is 2.62 bits per heavy atom. The highest BCUT2D eigenvalue weighted by atomic mass is 79.9. The van der Waals surface area contributed by atoms with E-state index in [9.17, 15) is 13.2 Å². The number of hydrogen-bond donors (Lipinski definition) is 1. The molecule has 0 aliphatic heterocycles. The summed E-state index contributed by atoms with van der Waals surface area (Å²) in [5.41, 5.74) is 0. The molecular formula is C7H7BrF3NS. The molecule has 0 aliphatic carbocycles. The Hall–Kier alpha value is -0.0700. The van der Waals surface area contributed by atoms with Gasteiger partial charge in [0, 0.05) is 21.3 Å². The Kier molecular flexibility index (Phi) is 3.75. The standard InChI is InChI=1S/C7H7BrF3NS/c8-5-1-6(13-3-5)2-12-4-7(9,10)11/h1,3,12H,2,4H2. The Balaban J connectivity index is 2.28. The lowest BCUT2D eigenvalue weighted by Gasteiger charge is -2.06. The fraction of sp³-hybridized carbons (Fsp3) is 0.429. The topological polar surface area (TPSA) is 12.0 Å². The van der Waals surface area contributed by atoms with Gasteiger partial charge in [-0.1, -0.05) is 0 Å². The van der Waals surface area contributed by atoms with E-state index in [2.05, 4.69) is 21.2 Å². The minimum atomic E-state index is -4.13. The van der Waals surface area contributed by atoms with Gasteiger partial charge in [-0.25, -0.2) is 0 Å². The Morgan fingerprint density at radius 2 is 2.15 bits per heavy atom. The molecule has 1 N–H and O–H groups in total. The van der Waals surface area contributed by atoms with Crippen molar-refractivity contribution in [3.63, 3.8) is 0 Å². The molecule has 0 amide bonds. The fourth-order valence-corrected chi connectivity index (χ4v) is 2.19. The molecular weight excluding hydrogens is 267 g/mol. The lowest BCUT2D eigenvalue weighted by Crippen LogP contribution is -2.27. The van der Waals surface area contributed by atoms with Crippen LogP contribution >= 0.6 is 27.3 Å². The minimum Gasteiger partial charge on any atom is -0.304 e. The van der Waals surface area contributed by atoms with Crippen molar-refractivity contribution in [3.8, 4) is 0 Å². The first-order valence-electron chi connectivity index (χ1n) is 3.48. The molecule has 13 heavy (non-hydrogen) atoms. The molecule has 0 atom stereocenters. The molecule has 6 heteroatoms. The van der Waals surface area contributed by atoms with Crippen molar-refractivity contribution in [2.75, 3.05) is 6.54 Å². The van der Waals surface area contributed by atoms with Crippen molar-refractivity contribution in [1.29, 1.82) is 0 Å². The largest absolute Gasteiger partial charge is 0.401 e. The summed E-state index contributed by atoms with van der Waals surface area (Å²) in [6.45, 7) is -0.682. The maximum Gasteiger partial charge on any atom is 0.401 e. The average Bonchev–Trinajstić information content (AvgIpc) is 2.33. The van der Waals surface area contributed by atoms with Crippen LogP contribution in [0.2, 0.25) is 0 Å². The van der Waals surface area contributed by atoms with Crippen LogP contribution in [-0.2, 0) is 6.54 Å². The normalized spacial score (nSPS) is 12.0. The van der Waals surface area contributed by atoms with Gasteiger partial charge in [-0.3, -0.25) is 0 Å². The second-order valence-corrected chi connectivity index (χ2v) is 4.36. The van der Waals surface area contributed by atoms with Crippen molar-refractivity contribution < 1.29 is 13.2 Å². The van der Waals surface area contributed by atoms with E-state index >= 15 is 0 Å². The van der Waals surface area contributed by atoms with Gasteiger partial charge in [0.05, 0.1) is 6.54 Å². The molecule has 0 aromatic carbocycles. The smallest absolute Gasteiger partial charge is 0.304 e. The fourth-order valence-electron chi connectivity index (χ4n) is 0.774. The van der Waals surface area contributed by atoms with Crippen LogP contribution in [0, 0.1) is 0 Å². The monoisotopic (exact) mass is 273 g/mol. The number of alkyl halides is 3. The molecule has 0 unspecified atom stereocenters. The quantitative estimate of drug-likeness (QED) is 0.892. The zero-order chi connectivity index (χ0) is 9.90. The van der Waals surface area contributed by atoms with Gasteiger partial charge < -0.3 is 5.32 Å². The maximum atomic E-state index is 11.7. The molecule has 1 rings (SSSR count). The van der Waals surface area contributed by atoms with Gasteiger partial charge in [-0.15, -0.1) is 11.3 Å². The van der Waals surface area contributed by atoms with Gasteiger partial charge in [0.15, 0.2) is 0 Å². The van der Waals surface area contributed by atoms with Crippen LogP contribution < -0.4 is 5.32 Å². The molecule has 0 saturated carbocycles. The molecule has 0 radical (unpaired) electrons. The SMILES string of the molecule is FC(F)(F)CNCc1cc(Br)cs1. The van der Waals surface area contributed by atoms with Crippen molar-refractivity contribution in [2.45, 2.75) is 12.7 Å². The first kappa shape index (κ1) is 11.0. The van der Waals surface area contributed by atoms with Crippen molar-refractivity contribution in [3.05, 3.63) is 20.8 Å². The highest BCUT2D eigenvalue weighted by molar-refractivity contribution is 9.10. The van der Waals surface area contributed by atoms with Gasteiger partial charge in [0.2, 0.25) is 0 Å². The Labute approximate surface area is 86.1 Å². The molecule has 1 nitrogen and oxygen atoms in total. The summed E-state index contributed by atoms with van der Waals surface area (Å²) in [5, 5.41) is 4.16. The van der Waals surface area contributed by atoms with E-state index in [1.807, 2.05) is 5.38 Å². The summed E-state index contributed by atoms with van der Waals surface area (Å²) in [6, 6.07) is 1.80. The predicted molar refractivity (Wildman–Crippen MR) is 49.8 cm³/mol. The van der Waals surface area contributed by atoms with E-state index < -0.39 is 12.7 Å². The second-order valence-electron chi connectivity index (χ2n) is 2.45. The molecule has 0 aliphatic rings. The van der Waals surface area contributed by atoms with Crippen molar-refractivity contribution >= 4 is 27.3 Å². The van der Waals surface area contributed by atoms with E-state index in [1.165, 1.54) is 11.3 Å². The number of halogens is 4. The van der Waals surface area contributed by atoms with Gasteiger partial charge >= 0.3 is 6.18 Å². The van der Waals surface area contributed by atoms with Crippen LogP contribution in [-0.4, -0.2) is 12.7 Å². The van der Waals surface area contributed by atoms with Gasteiger partial charge in [0.1, 0.15) is 0 Å². The lowest BCUT2D eigenvalue weighted by atomic mass is 10.4. The molecule has 0 bridgehead atoms. The molecule has 74 valence electrons. The number of rotatable bonds is 3. The zero-order valence-electron chi connectivity index (χ0n) is 6.49. The highest BCUT2D eigenvalue weighted by Gasteiger charge is 2.26. The summed E-state index contributed by atoms with van der Waals surface area (Å²) < 4.78 is 36.0. The Morgan fingerprint density at radius 1 is 1.46 bits per heavy atom. The number of thiophene rings is 1. The summed E-state index contributed by atoms with van der Waals surface area (Å²) in [7, 11) is 0. The third-order valence-corrected chi connectivity index (χ3v) is 2.94. The number of nitrogens with one attached hydrogen (secondary N) is 1. The molecule has 1 heterocycles. The maximum absolute atomic E-state index is 11.7. The minimum absolute atomic E-state index is 0.260. The first-order chi connectivity index (χ1) is 5.97. The lowest BCUT2D eigenvalue weighted by molar-refractivity contribution is -0.125. The molecule has 0 fully saturated rings. The van der Waals surface area contributed by atoms with E-state index in [4.69, 9.17) is 0 Å². The second kappa shape index (κ2) is 4.43. The number of hydrogen-bond acceptors (Lipinski definition) is 2. The van der Waals surface area contributed by atoms with Crippen molar-refractivity contribution in [1.82, 2.24) is 5.32 Å². The van der Waals surface area contributed by atoms with Crippen LogP contribution in [0.15, 0.2) is 15.9 Å². The summed E-state index contributed by atoms with van der Waals surface area (Å²) >= 11 is 4.65. The summed E-state index contributed by atoms with van der Waals surface area (Å²) in [4.78, 5) is 0.885. The third kappa shape index (κ3) is 4.64. The van der Waals surface area contributed by atoms with Crippen LogP contribution in [0.4, 0.5) is 13.2 Å². The van der Waals surface area contributed by atoms with Crippen LogP contribution in [0.3, 0.4) is 0 Å². The first-order valence-corrected chi connectivity index (χ1v) is 5.15. The molecule has 0 saturated heterocycles. The third-order valence-electron chi connectivity index (χ3n) is 1.25. The van der Waals surface area contributed by atoms with Crippen LogP contribution in [0.1, 0.15) is 4.88 Å². The van der Waals surface area contributed by atoms with Gasteiger partial charge in [-0.05, 0) is 22.0 Å². The highest BCUT2D eigenvalue weighted by Crippen LogP contribution is 2.20. The average molecular weight is 274 g/mol. The molecule has 1 aromatic rings. The molecule has 1 aromatic heterocycles. The predicted octanol–water partition coefficient (Wildman–Crippen LogP) is 3.16. The van der Waals surface area contributed by atoms with Crippen molar-refractivity contribution in [2.24, 2.45) is 0 Å². The summed E-state index contributed by atoms with van der Waals surface area (Å²) in [5.74, 6) is 0. The van der Waals surface area contributed by atoms with E-state index in [0.29, 0.717) is 0 Å². The van der Waals surface area contributed by atoms with Gasteiger partial charge in [-0.2, -0.15) is 13.2 Å². The Bertz CT molecular complexity index is 271. The van der Waals surface area contributed by atoms with Crippen LogP contribution in [0.5, 0.6) is 0 Å². The molecule has 0 spiro atoms. The summed E-state index contributed by atoms with van der Waals surface area (Å²) in [6.07, 6.45) is -4.13.